The second-order valence-corrected chi connectivity index (χ2v) is 7.68. The van der Waals surface area contributed by atoms with Crippen LogP contribution in [0.5, 0.6) is 0 Å². The molecule has 1 saturated heterocycles. The zero-order chi connectivity index (χ0) is 14.8. The zero-order valence-electron chi connectivity index (χ0n) is 13.9. The fraction of sp³-hybridized carbons (Fsp3) is 1.00. The third-order valence-corrected chi connectivity index (χ3v) is 6.02. The molecular formula is C17H34N2O. The molecule has 1 aliphatic carbocycles. The van der Waals surface area contributed by atoms with Crippen molar-refractivity contribution < 1.29 is 5.11 Å². The van der Waals surface area contributed by atoms with E-state index in [9.17, 15) is 5.11 Å². The Morgan fingerprint density at radius 3 is 2.55 bits per heavy atom. The van der Waals surface area contributed by atoms with Crippen LogP contribution in [0.25, 0.3) is 0 Å². The van der Waals surface area contributed by atoms with E-state index in [4.69, 9.17) is 0 Å². The second kappa shape index (κ2) is 6.76. The van der Waals surface area contributed by atoms with E-state index in [1.807, 2.05) is 0 Å². The number of aliphatic hydroxyl groups excluding tert-OH is 1. The third kappa shape index (κ3) is 3.75. The Hall–Kier alpha value is -0.120. The average Bonchev–Trinajstić information content (AvgIpc) is 2.64. The Morgan fingerprint density at radius 1 is 1.10 bits per heavy atom. The minimum absolute atomic E-state index is 0.109. The molecule has 2 rings (SSSR count). The molecule has 0 aromatic rings. The summed E-state index contributed by atoms with van der Waals surface area (Å²) in [4.78, 5) is 4.99. The molecule has 0 aromatic carbocycles. The number of hydrogen-bond donors (Lipinski definition) is 1. The van der Waals surface area contributed by atoms with Crippen LogP contribution in [0.2, 0.25) is 0 Å². The Kier molecular flexibility index (Phi) is 5.49. The topological polar surface area (TPSA) is 26.7 Å². The van der Waals surface area contributed by atoms with Crippen molar-refractivity contribution >= 4 is 0 Å². The fourth-order valence-electron chi connectivity index (χ4n) is 3.92. The van der Waals surface area contributed by atoms with E-state index in [2.05, 4.69) is 37.6 Å². The maximum absolute atomic E-state index is 10.5. The molecule has 118 valence electrons. The number of aliphatic hydroxyl groups is 1. The summed E-state index contributed by atoms with van der Waals surface area (Å²) < 4.78 is 0. The number of likely N-dealkylation sites (N-methyl/N-ethyl adjacent to an activating group) is 1. The summed E-state index contributed by atoms with van der Waals surface area (Å²) in [5.74, 6) is 0.766. The molecule has 2 fully saturated rings. The van der Waals surface area contributed by atoms with Crippen LogP contribution in [-0.2, 0) is 0 Å². The molecule has 3 unspecified atom stereocenters. The average molecular weight is 282 g/mol. The molecule has 0 radical (unpaired) electrons. The molecule has 0 spiro atoms. The van der Waals surface area contributed by atoms with E-state index in [0.717, 1.165) is 32.0 Å². The van der Waals surface area contributed by atoms with Crippen molar-refractivity contribution in [1.82, 2.24) is 9.80 Å². The van der Waals surface area contributed by atoms with Crippen LogP contribution in [0.15, 0.2) is 0 Å². The van der Waals surface area contributed by atoms with Gasteiger partial charge in [0.1, 0.15) is 0 Å². The van der Waals surface area contributed by atoms with Crippen molar-refractivity contribution in [3.05, 3.63) is 0 Å². The van der Waals surface area contributed by atoms with Gasteiger partial charge >= 0.3 is 0 Å². The molecule has 0 amide bonds. The molecule has 0 aromatic heterocycles. The Balaban J connectivity index is 2.01. The first-order valence-corrected chi connectivity index (χ1v) is 8.54. The van der Waals surface area contributed by atoms with Crippen LogP contribution in [0.4, 0.5) is 0 Å². The van der Waals surface area contributed by atoms with Gasteiger partial charge in [0.25, 0.3) is 0 Å². The molecule has 3 nitrogen and oxygen atoms in total. The minimum atomic E-state index is -0.109. The van der Waals surface area contributed by atoms with Crippen LogP contribution < -0.4 is 0 Å². The van der Waals surface area contributed by atoms with Gasteiger partial charge in [0, 0.05) is 19.1 Å². The van der Waals surface area contributed by atoms with E-state index in [0.29, 0.717) is 11.5 Å². The van der Waals surface area contributed by atoms with Gasteiger partial charge in [-0.05, 0) is 57.2 Å². The van der Waals surface area contributed by atoms with Crippen LogP contribution in [0, 0.1) is 11.3 Å². The summed E-state index contributed by atoms with van der Waals surface area (Å²) in [5.41, 5.74) is 0.418. The normalized spacial score (nSPS) is 35.0. The zero-order valence-corrected chi connectivity index (χ0v) is 13.9. The highest BCUT2D eigenvalue weighted by Gasteiger charge is 2.39. The monoisotopic (exact) mass is 282 g/mol. The smallest absolute Gasteiger partial charge is 0.0695 e. The predicted octanol–water partition coefficient (Wildman–Crippen LogP) is 2.59. The van der Waals surface area contributed by atoms with Gasteiger partial charge in [-0.15, -0.1) is 0 Å². The van der Waals surface area contributed by atoms with Crippen LogP contribution >= 0.6 is 0 Å². The lowest BCUT2D eigenvalue weighted by Crippen LogP contribution is -2.50. The highest BCUT2D eigenvalue weighted by molar-refractivity contribution is 4.92. The SMILES string of the molecule is CCC(C)(C)C1CCC(O)C(N2CCCN(C)CC2)C1. The van der Waals surface area contributed by atoms with Gasteiger partial charge in [0.05, 0.1) is 6.10 Å². The summed E-state index contributed by atoms with van der Waals surface area (Å²) in [7, 11) is 2.21. The molecule has 1 aliphatic heterocycles. The fourth-order valence-corrected chi connectivity index (χ4v) is 3.92. The maximum Gasteiger partial charge on any atom is 0.0695 e. The van der Waals surface area contributed by atoms with Gasteiger partial charge in [0.2, 0.25) is 0 Å². The second-order valence-electron chi connectivity index (χ2n) is 7.68. The first-order valence-electron chi connectivity index (χ1n) is 8.54. The van der Waals surface area contributed by atoms with E-state index in [1.165, 1.54) is 32.2 Å². The lowest BCUT2D eigenvalue weighted by atomic mass is 9.67. The van der Waals surface area contributed by atoms with Gasteiger partial charge < -0.3 is 10.0 Å². The van der Waals surface area contributed by atoms with Gasteiger partial charge in [-0.25, -0.2) is 0 Å². The molecule has 1 N–H and O–H groups in total. The molecular weight excluding hydrogens is 248 g/mol. The van der Waals surface area contributed by atoms with Gasteiger partial charge in [-0.1, -0.05) is 27.2 Å². The summed E-state index contributed by atoms with van der Waals surface area (Å²) in [6, 6.07) is 0.395. The molecule has 1 saturated carbocycles. The maximum atomic E-state index is 10.5. The molecule has 3 atom stereocenters. The van der Waals surface area contributed by atoms with E-state index >= 15 is 0 Å². The predicted molar refractivity (Wildman–Crippen MR) is 84.9 cm³/mol. The van der Waals surface area contributed by atoms with E-state index in [-0.39, 0.29) is 6.10 Å². The highest BCUT2D eigenvalue weighted by Crippen LogP contribution is 2.41. The molecule has 3 heteroatoms. The first kappa shape index (κ1) is 16.3. The Bertz CT molecular complexity index is 305. The lowest BCUT2D eigenvalue weighted by Gasteiger charge is -2.45. The molecule has 20 heavy (non-hydrogen) atoms. The van der Waals surface area contributed by atoms with E-state index < -0.39 is 0 Å². The van der Waals surface area contributed by atoms with Crippen molar-refractivity contribution in [1.29, 1.82) is 0 Å². The standard InChI is InChI=1S/C17H34N2O/c1-5-17(2,3)14-7-8-16(20)15(13-14)19-10-6-9-18(4)11-12-19/h14-16,20H,5-13H2,1-4H3. The molecule has 0 bridgehead atoms. The van der Waals surface area contributed by atoms with Crippen LogP contribution in [-0.4, -0.2) is 60.3 Å². The number of nitrogens with zero attached hydrogens (tertiary/aromatic N) is 2. The Labute approximate surface area is 125 Å². The van der Waals surface area contributed by atoms with Crippen LogP contribution in [0.3, 0.4) is 0 Å². The number of hydrogen-bond acceptors (Lipinski definition) is 3. The molecule has 2 aliphatic rings. The van der Waals surface area contributed by atoms with E-state index in [1.54, 1.807) is 0 Å². The highest BCUT2D eigenvalue weighted by atomic mass is 16.3. The minimum Gasteiger partial charge on any atom is -0.391 e. The van der Waals surface area contributed by atoms with Gasteiger partial charge in [-0.3, -0.25) is 4.90 Å². The molecule has 1 heterocycles. The summed E-state index contributed by atoms with van der Waals surface area (Å²) in [5, 5.41) is 10.5. The third-order valence-electron chi connectivity index (χ3n) is 6.02. The van der Waals surface area contributed by atoms with Gasteiger partial charge in [-0.2, -0.15) is 0 Å². The first-order chi connectivity index (χ1) is 9.44. The summed E-state index contributed by atoms with van der Waals surface area (Å²) >= 11 is 0. The summed E-state index contributed by atoms with van der Waals surface area (Å²) in [6.07, 6.45) is 5.75. The van der Waals surface area contributed by atoms with Crippen molar-refractivity contribution in [2.24, 2.45) is 11.3 Å². The van der Waals surface area contributed by atoms with Crippen molar-refractivity contribution in [3.63, 3.8) is 0 Å². The number of rotatable bonds is 3. The quantitative estimate of drug-likeness (QED) is 0.862. The van der Waals surface area contributed by atoms with Crippen molar-refractivity contribution in [2.45, 2.75) is 65.0 Å². The van der Waals surface area contributed by atoms with Crippen molar-refractivity contribution in [3.8, 4) is 0 Å². The largest absolute Gasteiger partial charge is 0.391 e. The van der Waals surface area contributed by atoms with Crippen molar-refractivity contribution in [2.75, 3.05) is 33.2 Å². The Morgan fingerprint density at radius 2 is 1.85 bits per heavy atom. The lowest BCUT2D eigenvalue weighted by molar-refractivity contribution is -0.0193. The van der Waals surface area contributed by atoms with Gasteiger partial charge in [0.15, 0.2) is 0 Å². The summed E-state index contributed by atoms with van der Waals surface area (Å²) in [6.45, 7) is 11.7. The van der Waals surface area contributed by atoms with Crippen LogP contribution in [0.1, 0.15) is 52.9 Å².